The molecular formula is C9H10O4. The first-order chi connectivity index (χ1) is 6.11. The summed E-state index contributed by atoms with van der Waals surface area (Å²) < 4.78 is 4.54. The Morgan fingerprint density at radius 2 is 2.31 bits per heavy atom. The van der Waals surface area contributed by atoms with E-state index in [9.17, 15) is 9.59 Å². The first kappa shape index (κ1) is 11.2. The van der Waals surface area contributed by atoms with Crippen molar-refractivity contribution in [3.8, 4) is 12.3 Å². The molecule has 0 spiro atoms. The fourth-order valence-corrected chi connectivity index (χ4v) is 0.692. The lowest BCUT2D eigenvalue weighted by molar-refractivity contribution is -0.167. The van der Waals surface area contributed by atoms with E-state index in [0.717, 1.165) is 0 Å². The standard InChI is InChI=1S/C9H10O4/c1-3-5-7(6-4-2)13-9(12)8(10)11/h1,4,7H,2,5-6H2,(H,10,11). The molecule has 13 heavy (non-hydrogen) atoms. The monoisotopic (exact) mass is 182 g/mol. The molecule has 0 heterocycles. The minimum atomic E-state index is -1.62. The van der Waals surface area contributed by atoms with Gasteiger partial charge in [0.15, 0.2) is 0 Å². The lowest BCUT2D eigenvalue weighted by Crippen LogP contribution is -2.23. The summed E-state index contributed by atoms with van der Waals surface area (Å²) in [5.74, 6) is -0.630. The zero-order valence-electron chi connectivity index (χ0n) is 7.03. The highest BCUT2D eigenvalue weighted by atomic mass is 16.6. The molecule has 70 valence electrons. The van der Waals surface area contributed by atoms with Crippen LogP contribution in [0, 0.1) is 12.3 Å². The first-order valence-electron chi connectivity index (χ1n) is 3.60. The van der Waals surface area contributed by atoms with Crippen LogP contribution in [0.25, 0.3) is 0 Å². The number of carboxylic acid groups (broad SMARTS) is 1. The Morgan fingerprint density at radius 1 is 1.69 bits per heavy atom. The fourth-order valence-electron chi connectivity index (χ4n) is 0.692. The van der Waals surface area contributed by atoms with Gasteiger partial charge in [0.1, 0.15) is 6.10 Å². The van der Waals surface area contributed by atoms with Gasteiger partial charge in [-0.3, -0.25) is 0 Å². The van der Waals surface area contributed by atoms with Crippen LogP contribution in [0.2, 0.25) is 0 Å². The van der Waals surface area contributed by atoms with Crippen molar-refractivity contribution in [3.63, 3.8) is 0 Å². The van der Waals surface area contributed by atoms with Gasteiger partial charge in [0.2, 0.25) is 0 Å². The third kappa shape index (κ3) is 4.64. The highest BCUT2D eigenvalue weighted by Crippen LogP contribution is 2.04. The second kappa shape index (κ2) is 5.84. The molecule has 0 bridgehead atoms. The Morgan fingerprint density at radius 3 is 2.69 bits per heavy atom. The zero-order valence-corrected chi connectivity index (χ0v) is 7.03. The summed E-state index contributed by atoms with van der Waals surface area (Å²) in [5, 5.41) is 8.22. The van der Waals surface area contributed by atoms with Crippen molar-refractivity contribution in [2.75, 3.05) is 0 Å². The van der Waals surface area contributed by atoms with Gasteiger partial charge in [-0.25, -0.2) is 9.59 Å². The summed E-state index contributed by atoms with van der Waals surface area (Å²) in [5.41, 5.74) is 0. The molecule has 1 N–H and O–H groups in total. The quantitative estimate of drug-likeness (QED) is 0.299. The summed E-state index contributed by atoms with van der Waals surface area (Å²) in [7, 11) is 0. The van der Waals surface area contributed by atoms with Crippen LogP contribution in [-0.2, 0) is 14.3 Å². The molecule has 0 radical (unpaired) electrons. The van der Waals surface area contributed by atoms with Crippen LogP contribution in [-0.4, -0.2) is 23.1 Å². The van der Waals surface area contributed by atoms with E-state index in [0.29, 0.717) is 6.42 Å². The smallest absolute Gasteiger partial charge is 0.417 e. The summed E-state index contributed by atoms with van der Waals surface area (Å²) in [4.78, 5) is 20.7. The number of carbonyl (C=O) groups is 2. The van der Waals surface area contributed by atoms with E-state index in [1.54, 1.807) is 0 Å². The van der Waals surface area contributed by atoms with Crippen molar-refractivity contribution < 1.29 is 19.4 Å². The van der Waals surface area contributed by atoms with E-state index < -0.39 is 18.0 Å². The molecule has 0 amide bonds. The molecule has 0 saturated heterocycles. The molecule has 0 rings (SSSR count). The molecule has 1 unspecified atom stereocenters. The molecule has 0 saturated carbocycles. The van der Waals surface area contributed by atoms with Crippen molar-refractivity contribution in [2.24, 2.45) is 0 Å². The van der Waals surface area contributed by atoms with Crippen LogP contribution in [0.15, 0.2) is 12.7 Å². The third-order valence-corrected chi connectivity index (χ3v) is 1.22. The molecule has 0 fully saturated rings. The second-order valence-electron chi connectivity index (χ2n) is 2.27. The topological polar surface area (TPSA) is 63.6 Å². The van der Waals surface area contributed by atoms with Crippen LogP contribution in [0.1, 0.15) is 12.8 Å². The maximum atomic E-state index is 10.6. The predicted octanol–water partition coefficient (Wildman–Crippen LogP) is 0.582. The van der Waals surface area contributed by atoms with Crippen molar-refractivity contribution in [2.45, 2.75) is 18.9 Å². The Balaban J connectivity index is 4.09. The van der Waals surface area contributed by atoms with Crippen LogP contribution < -0.4 is 0 Å². The van der Waals surface area contributed by atoms with Crippen molar-refractivity contribution in [1.82, 2.24) is 0 Å². The van der Waals surface area contributed by atoms with Crippen molar-refractivity contribution >= 4 is 11.9 Å². The van der Waals surface area contributed by atoms with Gasteiger partial charge in [0.05, 0.1) is 0 Å². The second-order valence-corrected chi connectivity index (χ2v) is 2.27. The highest BCUT2D eigenvalue weighted by molar-refractivity contribution is 6.28. The van der Waals surface area contributed by atoms with Gasteiger partial charge in [0, 0.05) is 12.8 Å². The van der Waals surface area contributed by atoms with Crippen molar-refractivity contribution in [1.29, 1.82) is 0 Å². The average Bonchev–Trinajstić information content (AvgIpc) is 2.05. The van der Waals surface area contributed by atoms with Crippen LogP contribution in [0.4, 0.5) is 0 Å². The maximum Gasteiger partial charge on any atom is 0.417 e. The van der Waals surface area contributed by atoms with Gasteiger partial charge in [-0.2, -0.15) is 0 Å². The molecule has 0 aromatic carbocycles. The predicted molar refractivity (Wildman–Crippen MR) is 45.8 cm³/mol. The number of hydrogen-bond acceptors (Lipinski definition) is 3. The number of aliphatic carboxylic acids is 1. The molecule has 4 nitrogen and oxygen atoms in total. The SMILES string of the molecule is C#CCC(CC=C)OC(=O)C(=O)O. The number of carboxylic acids is 1. The third-order valence-electron chi connectivity index (χ3n) is 1.22. The summed E-state index contributed by atoms with van der Waals surface area (Å²) >= 11 is 0. The van der Waals surface area contributed by atoms with E-state index in [2.05, 4.69) is 17.2 Å². The Labute approximate surface area is 76.2 Å². The first-order valence-corrected chi connectivity index (χ1v) is 3.60. The Hall–Kier alpha value is -1.76. The summed E-state index contributed by atoms with van der Waals surface area (Å²) in [6.45, 7) is 3.43. The van der Waals surface area contributed by atoms with Gasteiger partial charge in [-0.05, 0) is 0 Å². The van der Waals surface area contributed by atoms with E-state index in [-0.39, 0.29) is 6.42 Å². The zero-order chi connectivity index (χ0) is 10.3. The largest absolute Gasteiger partial charge is 0.473 e. The van der Waals surface area contributed by atoms with E-state index in [4.69, 9.17) is 11.5 Å². The number of rotatable bonds is 4. The molecule has 0 aliphatic carbocycles. The molecular weight excluding hydrogens is 172 g/mol. The Kier molecular flexibility index (Phi) is 5.05. The van der Waals surface area contributed by atoms with Gasteiger partial charge in [0.25, 0.3) is 0 Å². The maximum absolute atomic E-state index is 10.6. The van der Waals surface area contributed by atoms with E-state index in [1.807, 2.05) is 0 Å². The summed E-state index contributed by atoms with van der Waals surface area (Å²) in [6, 6.07) is 0. The molecule has 0 aliphatic rings. The Bertz CT molecular complexity index is 249. The molecule has 1 atom stereocenters. The number of carbonyl (C=O) groups excluding carboxylic acids is 1. The number of esters is 1. The van der Waals surface area contributed by atoms with Gasteiger partial charge in [-0.1, -0.05) is 6.08 Å². The molecule has 4 heteroatoms. The lowest BCUT2D eigenvalue weighted by atomic mass is 10.2. The minimum absolute atomic E-state index is 0.186. The number of hydrogen-bond donors (Lipinski definition) is 1. The average molecular weight is 182 g/mol. The highest BCUT2D eigenvalue weighted by Gasteiger charge is 2.18. The van der Waals surface area contributed by atoms with Crippen LogP contribution >= 0.6 is 0 Å². The normalized spacial score (nSPS) is 11.0. The lowest BCUT2D eigenvalue weighted by Gasteiger charge is -2.11. The van der Waals surface area contributed by atoms with Gasteiger partial charge < -0.3 is 9.84 Å². The molecule has 0 aliphatic heterocycles. The van der Waals surface area contributed by atoms with Crippen LogP contribution in [0.3, 0.4) is 0 Å². The minimum Gasteiger partial charge on any atom is -0.473 e. The molecule has 0 aromatic heterocycles. The summed E-state index contributed by atoms with van der Waals surface area (Å²) in [6.07, 6.45) is 6.44. The fraction of sp³-hybridized carbons (Fsp3) is 0.333. The van der Waals surface area contributed by atoms with E-state index in [1.165, 1.54) is 6.08 Å². The van der Waals surface area contributed by atoms with Gasteiger partial charge in [-0.15, -0.1) is 18.9 Å². The number of terminal acetylenes is 1. The van der Waals surface area contributed by atoms with E-state index >= 15 is 0 Å². The van der Waals surface area contributed by atoms with Gasteiger partial charge >= 0.3 is 11.9 Å². The van der Waals surface area contributed by atoms with Crippen LogP contribution in [0.5, 0.6) is 0 Å². The van der Waals surface area contributed by atoms with Crippen molar-refractivity contribution in [3.05, 3.63) is 12.7 Å². The number of ether oxygens (including phenoxy) is 1. The molecule has 0 aromatic rings.